The SMILES string of the molecule is NCc1cccc(C(=O)NN2CCOCC2)c1. The monoisotopic (exact) mass is 235 g/mol. The van der Waals surface area contributed by atoms with Crippen molar-refractivity contribution in [2.24, 2.45) is 5.73 Å². The summed E-state index contributed by atoms with van der Waals surface area (Å²) in [5, 5.41) is 1.88. The minimum atomic E-state index is -0.0952. The van der Waals surface area contributed by atoms with E-state index >= 15 is 0 Å². The van der Waals surface area contributed by atoms with Crippen LogP contribution >= 0.6 is 0 Å². The van der Waals surface area contributed by atoms with E-state index in [9.17, 15) is 4.79 Å². The van der Waals surface area contributed by atoms with Gasteiger partial charge in [-0.3, -0.25) is 10.2 Å². The fourth-order valence-corrected chi connectivity index (χ4v) is 1.72. The molecule has 1 fully saturated rings. The van der Waals surface area contributed by atoms with Gasteiger partial charge in [0, 0.05) is 25.2 Å². The first-order valence-corrected chi connectivity index (χ1v) is 5.72. The van der Waals surface area contributed by atoms with E-state index in [1.807, 2.05) is 23.2 Å². The second-order valence-corrected chi connectivity index (χ2v) is 3.94. The summed E-state index contributed by atoms with van der Waals surface area (Å²) in [6, 6.07) is 7.35. The zero-order chi connectivity index (χ0) is 12.1. The van der Waals surface area contributed by atoms with E-state index in [2.05, 4.69) is 5.43 Å². The third kappa shape index (κ3) is 3.26. The molecule has 0 saturated carbocycles. The van der Waals surface area contributed by atoms with Gasteiger partial charge < -0.3 is 10.5 Å². The summed E-state index contributed by atoms with van der Waals surface area (Å²) in [5.41, 5.74) is 10.0. The number of ether oxygens (including phenoxy) is 1. The molecule has 0 atom stereocenters. The van der Waals surface area contributed by atoms with Gasteiger partial charge in [0.15, 0.2) is 0 Å². The fraction of sp³-hybridized carbons (Fsp3) is 0.417. The molecule has 2 rings (SSSR count). The average Bonchev–Trinajstić information content (AvgIpc) is 2.40. The van der Waals surface area contributed by atoms with Gasteiger partial charge in [0.1, 0.15) is 0 Å². The van der Waals surface area contributed by atoms with Gasteiger partial charge >= 0.3 is 0 Å². The smallest absolute Gasteiger partial charge is 0.265 e. The maximum atomic E-state index is 11.9. The normalized spacial score (nSPS) is 16.8. The third-order valence-electron chi connectivity index (χ3n) is 2.70. The Balaban J connectivity index is 1.98. The van der Waals surface area contributed by atoms with Crippen LogP contribution in [0, 0.1) is 0 Å². The lowest BCUT2D eigenvalue weighted by molar-refractivity contribution is 0.0126. The van der Waals surface area contributed by atoms with Crippen LogP contribution in [0.5, 0.6) is 0 Å². The van der Waals surface area contributed by atoms with Gasteiger partial charge in [0.25, 0.3) is 5.91 Å². The van der Waals surface area contributed by atoms with E-state index in [1.54, 1.807) is 6.07 Å². The number of nitrogens with two attached hydrogens (primary N) is 1. The molecule has 0 aliphatic carbocycles. The van der Waals surface area contributed by atoms with Crippen molar-refractivity contribution in [3.8, 4) is 0 Å². The molecule has 0 bridgehead atoms. The van der Waals surface area contributed by atoms with Crippen molar-refractivity contribution in [2.45, 2.75) is 6.54 Å². The second-order valence-electron chi connectivity index (χ2n) is 3.94. The lowest BCUT2D eigenvalue weighted by Crippen LogP contribution is -2.48. The number of nitrogens with one attached hydrogen (secondary N) is 1. The Bertz CT molecular complexity index is 389. The predicted octanol–water partition coefficient (Wildman–Crippen LogP) is 0.122. The highest BCUT2D eigenvalue weighted by Crippen LogP contribution is 2.05. The number of hydrazine groups is 1. The van der Waals surface area contributed by atoms with Crippen molar-refractivity contribution in [1.29, 1.82) is 0 Å². The van der Waals surface area contributed by atoms with Gasteiger partial charge in [0.2, 0.25) is 0 Å². The summed E-state index contributed by atoms with van der Waals surface area (Å²) in [7, 11) is 0. The molecule has 1 aromatic carbocycles. The number of hydrogen-bond donors (Lipinski definition) is 2. The standard InChI is InChI=1S/C12H17N3O2/c13-9-10-2-1-3-11(8-10)12(16)14-15-4-6-17-7-5-15/h1-3,8H,4-7,9,13H2,(H,14,16). The molecule has 5 nitrogen and oxygen atoms in total. The Morgan fingerprint density at radius 3 is 2.88 bits per heavy atom. The van der Waals surface area contributed by atoms with Gasteiger partial charge in [0.05, 0.1) is 13.2 Å². The molecule has 1 aliphatic rings. The summed E-state index contributed by atoms with van der Waals surface area (Å²) in [6.45, 7) is 3.20. The van der Waals surface area contributed by atoms with Crippen LogP contribution in [0.25, 0.3) is 0 Å². The summed E-state index contributed by atoms with van der Waals surface area (Å²) in [6.07, 6.45) is 0. The van der Waals surface area contributed by atoms with Crippen LogP contribution in [0.15, 0.2) is 24.3 Å². The van der Waals surface area contributed by atoms with Crippen molar-refractivity contribution >= 4 is 5.91 Å². The number of carbonyl (C=O) groups excluding carboxylic acids is 1. The molecular weight excluding hydrogens is 218 g/mol. The molecule has 17 heavy (non-hydrogen) atoms. The minimum absolute atomic E-state index is 0.0952. The van der Waals surface area contributed by atoms with Gasteiger partial charge in [-0.1, -0.05) is 12.1 Å². The highest BCUT2D eigenvalue weighted by atomic mass is 16.5. The van der Waals surface area contributed by atoms with Gasteiger partial charge in [-0.15, -0.1) is 0 Å². The largest absolute Gasteiger partial charge is 0.379 e. The third-order valence-corrected chi connectivity index (χ3v) is 2.70. The topological polar surface area (TPSA) is 67.6 Å². The first-order chi connectivity index (χ1) is 8.29. The lowest BCUT2D eigenvalue weighted by Gasteiger charge is -2.26. The molecule has 0 unspecified atom stereocenters. The van der Waals surface area contributed by atoms with E-state index in [0.717, 1.165) is 18.7 Å². The summed E-state index contributed by atoms with van der Waals surface area (Å²) >= 11 is 0. The Kier molecular flexibility index (Phi) is 4.08. The number of morpholine rings is 1. The van der Waals surface area contributed by atoms with Crippen LogP contribution in [0.2, 0.25) is 0 Å². The fourth-order valence-electron chi connectivity index (χ4n) is 1.72. The van der Waals surface area contributed by atoms with Crippen molar-refractivity contribution < 1.29 is 9.53 Å². The minimum Gasteiger partial charge on any atom is -0.379 e. The molecule has 1 aromatic rings. The highest BCUT2D eigenvalue weighted by molar-refractivity contribution is 5.94. The zero-order valence-corrected chi connectivity index (χ0v) is 9.69. The zero-order valence-electron chi connectivity index (χ0n) is 9.69. The van der Waals surface area contributed by atoms with Crippen LogP contribution in [-0.4, -0.2) is 37.2 Å². The molecule has 1 heterocycles. The van der Waals surface area contributed by atoms with E-state index in [1.165, 1.54) is 0 Å². The van der Waals surface area contributed by atoms with E-state index < -0.39 is 0 Å². The Labute approximate surface area is 101 Å². The first-order valence-electron chi connectivity index (χ1n) is 5.72. The number of benzene rings is 1. The summed E-state index contributed by atoms with van der Waals surface area (Å²) < 4.78 is 5.21. The van der Waals surface area contributed by atoms with Crippen LogP contribution in [0.3, 0.4) is 0 Å². The molecule has 1 amide bonds. The Hall–Kier alpha value is -1.43. The quantitative estimate of drug-likeness (QED) is 0.781. The maximum absolute atomic E-state index is 11.9. The number of hydrogen-bond acceptors (Lipinski definition) is 4. The average molecular weight is 235 g/mol. The van der Waals surface area contributed by atoms with E-state index in [0.29, 0.717) is 25.3 Å². The second kappa shape index (κ2) is 5.77. The number of amides is 1. The first kappa shape index (κ1) is 12.0. The number of rotatable bonds is 3. The number of carbonyl (C=O) groups is 1. The molecule has 5 heteroatoms. The van der Waals surface area contributed by atoms with Gasteiger partial charge in [-0.05, 0) is 17.7 Å². The van der Waals surface area contributed by atoms with Crippen LogP contribution < -0.4 is 11.2 Å². The molecular formula is C12H17N3O2. The Morgan fingerprint density at radius 2 is 2.18 bits per heavy atom. The van der Waals surface area contributed by atoms with Crippen LogP contribution in [-0.2, 0) is 11.3 Å². The van der Waals surface area contributed by atoms with Gasteiger partial charge in [-0.25, -0.2) is 5.01 Å². The van der Waals surface area contributed by atoms with Crippen molar-refractivity contribution in [3.63, 3.8) is 0 Å². The molecule has 1 saturated heterocycles. The molecule has 0 aromatic heterocycles. The van der Waals surface area contributed by atoms with Crippen LogP contribution in [0.4, 0.5) is 0 Å². The molecule has 92 valence electrons. The van der Waals surface area contributed by atoms with Crippen molar-refractivity contribution in [3.05, 3.63) is 35.4 Å². The Morgan fingerprint density at radius 1 is 1.41 bits per heavy atom. The maximum Gasteiger partial charge on any atom is 0.265 e. The highest BCUT2D eigenvalue weighted by Gasteiger charge is 2.14. The molecule has 0 spiro atoms. The summed E-state index contributed by atoms with van der Waals surface area (Å²) in [5.74, 6) is -0.0952. The van der Waals surface area contributed by atoms with Gasteiger partial charge in [-0.2, -0.15) is 0 Å². The van der Waals surface area contributed by atoms with Crippen molar-refractivity contribution in [1.82, 2.24) is 10.4 Å². The van der Waals surface area contributed by atoms with E-state index in [-0.39, 0.29) is 5.91 Å². The molecule has 3 N–H and O–H groups in total. The molecule has 0 radical (unpaired) electrons. The lowest BCUT2D eigenvalue weighted by atomic mass is 10.1. The molecule has 1 aliphatic heterocycles. The van der Waals surface area contributed by atoms with Crippen LogP contribution in [0.1, 0.15) is 15.9 Å². The number of nitrogens with zero attached hydrogens (tertiary/aromatic N) is 1. The predicted molar refractivity (Wildman–Crippen MR) is 64.2 cm³/mol. The summed E-state index contributed by atoms with van der Waals surface area (Å²) in [4.78, 5) is 11.9. The van der Waals surface area contributed by atoms with E-state index in [4.69, 9.17) is 10.5 Å². The van der Waals surface area contributed by atoms with Crippen molar-refractivity contribution in [2.75, 3.05) is 26.3 Å².